The van der Waals surface area contributed by atoms with Gasteiger partial charge in [-0.25, -0.2) is 0 Å². The van der Waals surface area contributed by atoms with E-state index >= 15 is 4.11 Å². The number of fused-ring (bicyclic) bond motifs is 3. The number of carbonyl (C=O) groups excluding carboxylic acids is 2. The number of anilines is 3. The maximum Gasteiger partial charge on any atom is 0.269 e. The largest absolute Gasteiger partial charge is 0.497 e. The lowest BCUT2D eigenvalue weighted by Gasteiger charge is -2.31. The summed E-state index contributed by atoms with van der Waals surface area (Å²) in [7, 11) is -1.72. The molecule has 3 heterocycles. The summed E-state index contributed by atoms with van der Waals surface area (Å²) in [4.78, 5) is 30.6. The van der Waals surface area contributed by atoms with E-state index in [0.717, 1.165) is 5.56 Å². The average Bonchev–Trinajstić information content (AvgIpc) is 3.40. The minimum absolute atomic E-state index is 0.0433. The van der Waals surface area contributed by atoms with Crippen molar-refractivity contribution in [3.8, 4) is 11.5 Å². The van der Waals surface area contributed by atoms with Crippen molar-refractivity contribution in [1.82, 2.24) is 0 Å². The minimum Gasteiger partial charge on any atom is -0.497 e. The molecule has 2 amide bonds. The second kappa shape index (κ2) is 10.5. The van der Waals surface area contributed by atoms with Gasteiger partial charge in [-0.2, -0.15) is 0 Å². The molecular formula is C32H35FN2O6Si. The molecule has 0 aromatic heterocycles. The summed E-state index contributed by atoms with van der Waals surface area (Å²) in [6.07, 6.45) is -0.318. The van der Waals surface area contributed by atoms with Gasteiger partial charge in [-0.05, 0) is 67.5 Å². The van der Waals surface area contributed by atoms with Gasteiger partial charge >= 0.3 is 0 Å². The molecule has 4 atom stereocenters. The van der Waals surface area contributed by atoms with E-state index in [-0.39, 0.29) is 38.0 Å². The normalized spacial score (nSPS) is 25.0. The van der Waals surface area contributed by atoms with E-state index in [9.17, 15) is 14.7 Å². The molecule has 3 aliphatic heterocycles. The fourth-order valence-corrected chi connectivity index (χ4v) is 9.57. The summed E-state index contributed by atoms with van der Waals surface area (Å²) in [5, 5.41) is 9.77. The lowest BCUT2D eigenvalue weighted by molar-refractivity contribution is -0.146. The Labute approximate surface area is 245 Å². The Kier molecular flexibility index (Phi) is 7.11. The van der Waals surface area contributed by atoms with Gasteiger partial charge in [-0.3, -0.25) is 14.5 Å². The summed E-state index contributed by atoms with van der Waals surface area (Å²) in [6, 6.07) is 20.4. The molecule has 0 bridgehead atoms. The minimum atomic E-state index is -3.28. The van der Waals surface area contributed by atoms with Crippen molar-refractivity contribution in [3.05, 3.63) is 77.9 Å². The molecule has 10 heteroatoms. The number of hydrogen-bond acceptors (Lipinski definition) is 6. The number of para-hydroxylation sites is 2. The van der Waals surface area contributed by atoms with E-state index in [1.807, 2.05) is 67.6 Å². The monoisotopic (exact) mass is 590 g/mol. The van der Waals surface area contributed by atoms with Crippen molar-refractivity contribution in [1.29, 1.82) is 0 Å². The molecule has 0 unspecified atom stereocenters. The van der Waals surface area contributed by atoms with Gasteiger partial charge in [-0.1, -0.05) is 31.2 Å². The van der Waals surface area contributed by atoms with Crippen LogP contribution in [0.4, 0.5) is 21.2 Å². The average molecular weight is 591 g/mol. The number of nitrogens with zero attached hydrogens (tertiary/aromatic N) is 2. The second-order valence-corrected chi connectivity index (χ2v) is 15.5. The zero-order valence-corrected chi connectivity index (χ0v) is 25.2. The molecule has 1 fully saturated rings. The Morgan fingerprint density at radius 1 is 1.07 bits per heavy atom. The van der Waals surface area contributed by atoms with Crippen LogP contribution in [0.15, 0.2) is 66.7 Å². The number of carbonyl (C=O) groups is 2. The quantitative estimate of drug-likeness (QED) is 0.291. The van der Waals surface area contributed by atoms with E-state index in [1.54, 1.807) is 36.1 Å². The van der Waals surface area contributed by atoms with Crippen LogP contribution in [0.5, 0.6) is 11.5 Å². The van der Waals surface area contributed by atoms with E-state index in [0.29, 0.717) is 34.1 Å². The highest BCUT2D eigenvalue weighted by atomic mass is 28.4. The smallest absolute Gasteiger partial charge is 0.269 e. The topological polar surface area (TPSA) is 88.5 Å². The first-order valence-corrected chi connectivity index (χ1v) is 17.2. The fourth-order valence-electron chi connectivity index (χ4n) is 7.03. The summed E-state index contributed by atoms with van der Waals surface area (Å²) in [5.74, 6) is 0.364. The van der Waals surface area contributed by atoms with Gasteiger partial charge in [0.1, 0.15) is 11.5 Å². The predicted octanol–water partition coefficient (Wildman–Crippen LogP) is 5.46. The zero-order valence-electron chi connectivity index (χ0n) is 24.2. The van der Waals surface area contributed by atoms with Crippen molar-refractivity contribution >= 4 is 37.3 Å². The maximum atomic E-state index is 15.8. The SMILES string of the molecule is COc1ccc2c(c1)[C@]1(O[C@@H](CCO)[C@H]([Si](C)(C)F)[C@H]1C)C(=O)N2Cc1ccc(N2C(=O)COc3ccccc32)cc1. The number of amides is 2. The third-order valence-electron chi connectivity index (χ3n) is 8.82. The van der Waals surface area contributed by atoms with Crippen LogP contribution in [0.25, 0.3) is 0 Å². The molecule has 3 aliphatic rings. The van der Waals surface area contributed by atoms with E-state index < -0.39 is 31.6 Å². The van der Waals surface area contributed by atoms with E-state index in [4.69, 9.17) is 14.2 Å². The van der Waals surface area contributed by atoms with Crippen molar-refractivity contribution in [3.63, 3.8) is 0 Å². The van der Waals surface area contributed by atoms with Crippen LogP contribution in [0, 0.1) is 5.92 Å². The van der Waals surface area contributed by atoms with Gasteiger partial charge in [0.15, 0.2) is 12.2 Å². The van der Waals surface area contributed by atoms with E-state index in [2.05, 4.69) is 0 Å². The van der Waals surface area contributed by atoms with Gasteiger partial charge < -0.3 is 28.3 Å². The first kappa shape index (κ1) is 28.4. The first-order chi connectivity index (χ1) is 20.1. The van der Waals surface area contributed by atoms with Crippen molar-refractivity contribution in [2.75, 3.05) is 30.1 Å². The zero-order chi connectivity index (χ0) is 29.8. The highest BCUT2D eigenvalue weighted by Gasteiger charge is 2.66. The Hall–Kier alpha value is -3.73. The Bertz CT molecular complexity index is 1530. The number of rotatable bonds is 7. The molecule has 1 spiro atoms. The van der Waals surface area contributed by atoms with Crippen LogP contribution in [0.2, 0.25) is 18.6 Å². The lowest BCUT2D eigenvalue weighted by atomic mass is 9.82. The summed E-state index contributed by atoms with van der Waals surface area (Å²) in [6.45, 7) is 5.24. The second-order valence-electron chi connectivity index (χ2n) is 11.7. The van der Waals surface area contributed by atoms with Gasteiger partial charge in [0, 0.05) is 29.3 Å². The standard InChI is InChI=1S/C32H35FN2O6Si/c1-20-30(42(3,4)33)28(15-16-36)41-32(20)24-17-23(39-2)13-14-25(24)34(31(32)38)18-21-9-11-22(12-10-21)35-26-7-5-6-8-27(26)40-19-29(35)37/h5-14,17,20,28,30,36H,15-16,18-19H2,1-4H3/t20-,28+,30-,32+/m1/s1. The number of halogens is 1. The van der Waals surface area contributed by atoms with Gasteiger partial charge in [0.25, 0.3) is 11.8 Å². The first-order valence-electron chi connectivity index (χ1n) is 14.2. The van der Waals surface area contributed by atoms with Crippen LogP contribution in [0.3, 0.4) is 0 Å². The molecule has 1 N–H and O–H groups in total. The third-order valence-corrected chi connectivity index (χ3v) is 11.3. The molecule has 3 aromatic carbocycles. The van der Waals surface area contributed by atoms with Crippen LogP contribution in [-0.4, -0.2) is 51.8 Å². The number of aliphatic hydroxyl groups excluding tert-OH is 1. The highest BCUT2D eigenvalue weighted by Crippen LogP contribution is 2.60. The van der Waals surface area contributed by atoms with Crippen LogP contribution < -0.4 is 19.3 Å². The molecule has 220 valence electrons. The summed E-state index contributed by atoms with van der Waals surface area (Å²) < 4.78 is 33.4. The molecule has 0 radical (unpaired) electrons. The molecule has 8 nitrogen and oxygen atoms in total. The van der Waals surface area contributed by atoms with Crippen LogP contribution in [0.1, 0.15) is 24.5 Å². The molecular weight excluding hydrogens is 555 g/mol. The Balaban J connectivity index is 1.35. The van der Waals surface area contributed by atoms with Crippen LogP contribution in [-0.2, 0) is 26.5 Å². The maximum absolute atomic E-state index is 15.8. The van der Waals surface area contributed by atoms with Gasteiger partial charge in [0.2, 0.25) is 8.41 Å². The number of benzene rings is 3. The number of methoxy groups -OCH3 is 1. The fraction of sp³-hybridized carbons (Fsp3) is 0.375. The molecule has 3 aromatic rings. The van der Waals surface area contributed by atoms with Gasteiger partial charge in [0.05, 0.1) is 31.1 Å². The van der Waals surface area contributed by atoms with Crippen molar-refractivity contribution in [2.45, 2.75) is 50.2 Å². The number of hydrogen-bond donors (Lipinski definition) is 1. The highest BCUT2D eigenvalue weighted by molar-refractivity contribution is 6.72. The molecule has 1 saturated heterocycles. The molecule has 42 heavy (non-hydrogen) atoms. The van der Waals surface area contributed by atoms with E-state index in [1.165, 1.54) is 0 Å². The molecule has 0 aliphatic carbocycles. The summed E-state index contributed by atoms with van der Waals surface area (Å²) in [5.41, 5.74) is 1.74. The van der Waals surface area contributed by atoms with Gasteiger partial charge in [-0.15, -0.1) is 0 Å². The van der Waals surface area contributed by atoms with Crippen molar-refractivity contribution in [2.24, 2.45) is 5.92 Å². The molecule has 0 saturated carbocycles. The Morgan fingerprint density at radius 3 is 2.50 bits per heavy atom. The predicted molar refractivity (Wildman–Crippen MR) is 159 cm³/mol. The third kappa shape index (κ3) is 4.40. The lowest BCUT2D eigenvalue weighted by Crippen LogP contribution is -2.45. The van der Waals surface area contributed by atoms with Crippen LogP contribution >= 0.6 is 0 Å². The Morgan fingerprint density at radius 2 is 1.81 bits per heavy atom. The molecule has 6 rings (SSSR count). The number of aliphatic hydroxyl groups is 1. The number of ether oxygens (including phenoxy) is 3. The van der Waals surface area contributed by atoms with Crippen molar-refractivity contribution < 1.29 is 33.0 Å². The summed E-state index contributed by atoms with van der Waals surface area (Å²) >= 11 is 0.